The molecule has 0 saturated heterocycles. The van der Waals surface area contributed by atoms with E-state index in [0.29, 0.717) is 4.99 Å². The zero-order valence-electron chi connectivity index (χ0n) is 10.6. The summed E-state index contributed by atoms with van der Waals surface area (Å²) in [7, 11) is 1.85. The summed E-state index contributed by atoms with van der Waals surface area (Å²) in [5.41, 5.74) is 9.15. The Kier molecular flexibility index (Phi) is 3.29. The zero-order chi connectivity index (χ0) is 13.3. The lowest BCUT2D eigenvalue weighted by Crippen LogP contribution is -2.13. The fourth-order valence-corrected chi connectivity index (χ4v) is 2.08. The van der Waals surface area contributed by atoms with E-state index in [4.69, 9.17) is 18.0 Å². The second-order valence-corrected chi connectivity index (χ2v) is 4.50. The van der Waals surface area contributed by atoms with Gasteiger partial charge in [-0.25, -0.2) is 0 Å². The van der Waals surface area contributed by atoms with Crippen molar-refractivity contribution in [2.75, 3.05) is 5.32 Å². The van der Waals surface area contributed by atoms with Gasteiger partial charge in [0.1, 0.15) is 10.8 Å². The minimum Gasteiger partial charge on any atom is -0.389 e. The van der Waals surface area contributed by atoms with Crippen LogP contribution in [-0.2, 0) is 7.05 Å². The molecule has 0 bridgehead atoms. The fourth-order valence-electron chi connectivity index (χ4n) is 1.84. The number of nitrogens with two attached hydrogens (primary N) is 1. The lowest BCUT2D eigenvalue weighted by atomic mass is 10.2. The Labute approximate surface area is 111 Å². The summed E-state index contributed by atoms with van der Waals surface area (Å²) < 4.78 is 1.73. The summed E-state index contributed by atoms with van der Waals surface area (Å²) >= 11 is 5.07. The maximum atomic E-state index is 5.74. The van der Waals surface area contributed by atoms with Crippen LogP contribution in [0.1, 0.15) is 17.0 Å². The van der Waals surface area contributed by atoms with Crippen molar-refractivity contribution in [2.45, 2.75) is 13.8 Å². The molecule has 18 heavy (non-hydrogen) atoms. The molecule has 2 heterocycles. The van der Waals surface area contributed by atoms with Crippen LogP contribution in [0.2, 0.25) is 0 Å². The Balaban J connectivity index is 2.47. The predicted octanol–water partition coefficient (Wildman–Crippen LogP) is 1.81. The molecule has 2 rings (SSSR count). The van der Waals surface area contributed by atoms with Crippen molar-refractivity contribution in [3.05, 3.63) is 35.3 Å². The molecule has 5 nitrogen and oxygen atoms in total. The van der Waals surface area contributed by atoms with E-state index >= 15 is 0 Å². The smallest absolute Gasteiger partial charge is 0.139 e. The van der Waals surface area contributed by atoms with Gasteiger partial charge in [0.2, 0.25) is 0 Å². The average molecular weight is 261 g/mol. The molecule has 0 radical (unpaired) electrons. The van der Waals surface area contributed by atoms with Gasteiger partial charge in [0, 0.05) is 13.2 Å². The second-order valence-electron chi connectivity index (χ2n) is 4.06. The van der Waals surface area contributed by atoms with Gasteiger partial charge < -0.3 is 11.1 Å². The monoisotopic (exact) mass is 261 g/mol. The summed E-state index contributed by atoms with van der Waals surface area (Å²) in [5.74, 6) is 0.788. The molecule has 0 aromatic carbocycles. The lowest BCUT2D eigenvalue weighted by Gasteiger charge is -2.10. The number of hydrogen-bond donors (Lipinski definition) is 2. The van der Waals surface area contributed by atoms with E-state index in [1.807, 2.05) is 33.0 Å². The van der Waals surface area contributed by atoms with Crippen molar-refractivity contribution < 1.29 is 0 Å². The van der Waals surface area contributed by atoms with Crippen molar-refractivity contribution in [3.8, 4) is 0 Å². The number of hydrogen-bond acceptors (Lipinski definition) is 4. The number of nitrogens with one attached hydrogen (secondary N) is 1. The Morgan fingerprint density at radius 1 is 1.39 bits per heavy atom. The summed E-state index contributed by atoms with van der Waals surface area (Å²) in [6.07, 6.45) is 1.75. The van der Waals surface area contributed by atoms with Gasteiger partial charge in [-0.2, -0.15) is 5.10 Å². The van der Waals surface area contributed by atoms with Gasteiger partial charge in [-0.1, -0.05) is 12.2 Å². The predicted molar refractivity (Wildman–Crippen MR) is 76.1 cm³/mol. The lowest BCUT2D eigenvalue weighted by molar-refractivity contribution is 0.764. The molecule has 2 aromatic heterocycles. The van der Waals surface area contributed by atoms with Gasteiger partial charge in [-0.05, 0) is 26.0 Å². The number of aryl methyl sites for hydroxylation is 3. The molecule has 0 aliphatic carbocycles. The van der Waals surface area contributed by atoms with E-state index in [-0.39, 0.29) is 0 Å². The first-order chi connectivity index (χ1) is 8.50. The van der Waals surface area contributed by atoms with Gasteiger partial charge >= 0.3 is 0 Å². The highest BCUT2D eigenvalue weighted by molar-refractivity contribution is 7.80. The van der Waals surface area contributed by atoms with Crippen LogP contribution < -0.4 is 11.1 Å². The third-order valence-electron chi connectivity index (χ3n) is 2.73. The van der Waals surface area contributed by atoms with Crippen molar-refractivity contribution in [1.82, 2.24) is 14.8 Å². The molecule has 0 amide bonds. The van der Waals surface area contributed by atoms with E-state index in [0.717, 1.165) is 28.5 Å². The molecular weight excluding hydrogens is 246 g/mol. The summed E-state index contributed by atoms with van der Waals surface area (Å²) in [5, 5.41) is 7.61. The topological polar surface area (TPSA) is 68.8 Å². The van der Waals surface area contributed by atoms with Crippen molar-refractivity contribution in [3.63, 3.8) is 0 Å². The Bertz CT molecular complexity index is 603. The highest BCUT2D eigenvalue weighted by Gasteiger charge is 2.16. The summed E-state index contributed by atoms with van der Waals surface area (Å²) in [6, 6.07) is 3.83. The first kappa shape index (κ1) is 12.5. The molecule has 0 unspecified atom stereocenters. The number of pyridine rings is 1. The number of rotatable bonds is 3. The Morgan fingerprint density at radius 2 is 2.11 bits per heavy atom. The van der Waals surface area contributed by atoms with Gasteiger partial charge in [0.05, 0.1) is 22.6 Å². The number of nitrogens with zero attached hydrogens (tertiary/aromatic N) is 3. The fraction of sp³-hybridized carbons (Fsp3) is 0.250. The van der Waals surface area contributed by atoms with Crippen LogP contribution in [-0.4, -0.2) is 19.8 Å². The molecule has 94 valence electrons. The molecule has 3 N–H and O–H groups in total. The Hall–Kier alpha value is -1.95. The quantitative estimate of drug-likeness (QED) is 0.825. The minimum atomic E-state index is 0.338. The van der Waals surface area contributed by atoms with Crippen LogP contribution in [0.15, 0.2) is 18.3 Å². The van der Waals surface area contributed by atoms with Gasteiger partial charge in [0.25, 0.3) is 0 Å². The minimum absolute atomic E-state index is 0.338. The van der Waals surface area contributed by atoms with Crippen molar-refractivity contribution >= 4 is 28.7 Å². The highest BCUT2D eigenvalue weighted by atomic mass is 32.1. The maximum absolute atomic E-state index is 5.74. The molecule has 0 fully saturated rings. The number of aromatic nitrogens is 3. The Morgan fingerprint density at radius 3 is 2.72 bits per heavy atom. The van der Waals surface area contributed by atoms with E-state index in [1.165, 1.54) is 0 Å². The van der Waals surface area contributed by atoms with Crippen LogP contribution in [0.4, 0.5) is 11.5 Å². The van der Waals surface area contributed by atoms with Crippen LogP contribution in [0, 0.1) is 13.8 Å². The van der Waals surface area contributed by atoms with Gasteiger partial charge in [0.15, 0.2) is 0 Å². The maximum Gasteiger partial charge on any atom is 0.139 e. The van der Waals surface area contributed by atoms with E-state index < -0.39 is 0 Å². The van der Waals surface area contributed by atoms with Crippen LogP contribution in [0.5, 0.6) is 0 Å². The normalized spacial score (nSPS) is 10.4. The van der Waals surface area contributed by atoms with Gasteiger partial charge in [-0.3, -0.25) is 9.67 Å². The van der Waals surface area contributed by atoms with Crippen LogP contribution in [0.25, 0.3) is 0 Å². The third kappa shape index (κ3) is 2.19. The number of anilines is 2. The highest BCUT2D eigenvalue weighted by Crippen LogP contribution is 2.24. The third-order valence-corrected chi connectivity index (χ3v) is 2.93. The zero-order valence-corrected chi connectivity index (χ0v) is 11.4. The SMILES string of the molecule is Cc1ncccc1Nc1c(C(N)=S)c(C)nn1C. The molecule has 6 heteroatoms. The largest absolute Gasteiger partial charge is 0.389 e. The molecule has 2 aromatic rings. The van der Waals surface area contributed by atoms with Crippen molar-refractivity contribution in [2.24, 2.45) is 12.8 Å². The standard InChI is InChI=1S/C12H15N5S/c1-7-9(5-4-6-14-7)15-12-10(11(13)18)8(2)16-17(12)3/h4-6,15H,1-3H3,(H2,13,18). The summed E-state index contributed by atoms with van der Waals surface area (Å²) in [6.45, 7) is 3.82. The van der Waals surface area contributed by atoms with E-state index in [1.54, 1.807) is 10.9 Å². The number of thiocarbonyl (C=S) groups is 1. The van der Waals surface area contributed by atoms with Crippen molar-refractivity contribution in [1.29, 1.82) is 0 Å². The first-order valence-corrected chi connectivity index (χ1v) is 5.93. The first-order valence-electron chi connectivity index (χ1n) is 5.52. The van der Waals surface area contributed by atoms with Crippen LogP contribution >= 0.6 is 12.2 Å². The van der Waals surface area contributed by atoms with E-state index in [2.05, 4.69) is 15.4 Å². The molecular formula is C12H15N5S. The van der Waals surface area contributed by atoms with Crippen LogP contribution in [0.3, 0.4) is 0 Å². The molecule has 0 aliphatic heterocycles. The summed E-state index contributed by atoms with van der Waals surface area (Å²) in [4.78, 5) is 4.57. The molecule has 0 aliphatic rings. The molecule has 0 atom stereocenters. The molecule has 0 saturated carbocycles. The van der Waals surface area contributed by atoms with E-state index in [9.17, 15) is 0 Å². The second kappa shape index (κ2) is 4.73. The van der Waals surface area contributed by atoms with Gasteiger partial charge in [-0.15, -0.1) is 0 Å². The molecule has 0 spiro atoms. The average Bonchev–Trinajstić information content (AvgIpc) is 2.57.